The topological polar surface area (TPSA) is 66.4 Å². The highest BCUT2D eigenvalue weighted by Crippen LogP contribution is 2.43. The van der Waals surface area contributed by atoms with Crippen molar-refractivity contribution in [1.29, 1.82) is 0 Å². The highest BCUT2D eigenvalue weighted by Gasteiger charge is 2.49. The number of hydrogen-bond acceptors (Lipinski definition) is 7. The van der Waals surface area contributed by atoms with Crippen LogP contribution in [-0.4, -0.2) is 76.4 Å². The standard InChI is InChI=1S/C32H31F5N6O/c33-19-12-31(10-3-11-43(31)14-19)17-44-30-40-28-23(29(41-30)42-15-20-8-9-21(16-42)39-20)13-38-27(26(28)34)22-6-1-4-18-5-2-7-24(25(18)22)32(35,36)37/h1-2,4-7,13,19-21,39H,3,8-12,14-17H2/t19-,20-,21+,31+/m1/s1. The molecule has 1 N–H and O–H groups in total. The molecule has 4 aromatic rings. The summed E-state index contributed by atoms with van der Waals surface area (Å²) in [5.74, 6) is -0.366. The van der Waals surface area contributed by atoms with Crippen molar-refractivity contribution in [2.75, 3.05) is 37.7 Å². The lowest BCUT2D eigenvalue weighted by Crippen LogP contribution is -2.51. The molecule has 0 unspecified atom stereocenters. The molecule has 12 heteroatoms. The van der Waals surface area contributed by atoms with Gasteiger partial charge in [0.15, 0.2) is 5.82 Å². The molecular formula is C32H31F5N6O. The molecule has 2 aromatic heterocycles. The number of nitrogens with zero attached hydrogens (tertiary/aromatic N) is 5. The monoisotopic (exact) mass is 610 g/mol. The summed E-state index contributed by atoms with van der Waals surface area (Å²) < 4.78 is 79.5. The lowest BCUT2D eigenvalue weighted by molar-refractivity contribution is -0.136. The third-order valence-corrected chi connectivity index (χ3v) is 9.86. The van der Waals surface area contributed by atoms with Gasteiger partial charge in [-0.15, -0.1) is 0 Å². The van der Waals surface area contributed by atoms with Gasteiger partial charge in [-0.1, -0.05) is 30.3 Å². The van der Waals surface area contributed by atoms with Gasteiger partial charge in [0.2, 0.25) is 0 Å². The minimum absolute atomic E-state index is 0.0260. The van der Waals surface area contributed by atoms with E-state index in [0.29, 0.717) is 42.6 Å². The van der Waals surface area contributed by atoms with Crippen LogP contribution in [0.25, 0.3) is 32.9 Å². The Hall–Kier alpha value is -3.64. The first kappa shape index (κ1) is 27.9. The molecule has 2 aromatic carbocycles. The predicted octanol–water partition coefficient (Wildman–Crippen LogP) is 5.90. The van der Waals surface area contributed by atoms with E-state index < -0.39 is 29.3 Å². The number of nitrogens with one attached hydrogen (secondary N) is 1. The number of halogens is 5. The second-order valence-corrected chi connectivity index (χ2v) is 12.6. The fourth-order valence-electron chi connectivity index (χ4n) is 7.91. The van der Waals surface area contributed by atoms with E-state index in [9.17, 15) is 17.6 Å². The largest absolute Gasteiger partial charge is 0.461 e. The minimum atomic E-state index is -4.65. The highest BCUT2D eigenvalue weighted by atomic mass is 19.4. The molecule has 4 atom stereocenters. The quantitative estimate of drug-likeness (QED) is 0.283. The first-order chi connectivity index (χ1) is 21.2. The van der Waals surface area contributed by atoms with E-state index in [-0.39, 0.29) is 46.9 Å². The lowest BCUT2D eigenvalue weighted by atomic mass is 9.95. The van der Waals surface area contributed by atoms with Gasteiger partial charge in [-0.3, -0.25) is 9.88 Å². The Morgan fingerprint density at radius 2 is 1.80 bits per heavy atom. The maximum atomic E-state index is 16.6. The Morgan fingerprint density at radius 1 is 1.02 bits per heavy atom. The minimum Gasteiger partial charge on any atom is -0.461 e. The van der Waals surface area contributed by atoms with Gasteiger partial charge in [0.1, 0.15) is 29.8 Å². The molecule has 4 fully saturated rings. The van der Waals surface area contributed by atoms with Gasteiger partial charge >= 0.3 is 12.2 Å². The number of rotatable bonds is 5. The van der Waals surface area contributed by atoms with Gasteiger partial charge in [0.05, 0.1) is 16.5 Å². The average molecular weight is 611 g/mol. The Bertz CT molecular complexity index is 1750. The number of fused-ring (bicyclic) bond motifs is 5. The summed E-state index contributed by atoms with van der Waals surface area (Å²) in [5.41, 5.74) is -1.59. The zero-order valence-electron chi connectivity index (χ0n) is 23.9. The highest BCUT2D eigenvalue weighted by molar-refractivity contribution is 6.01. The number of anilines is 1. The van der Waals surface area contributed by atoms with E-state index in [0.717, 1.165) is 38.3 Å². The van der Waals surface area contributed by atoms with Crippen molar-refractivity contribution in [2.24, 2.45) is 0 Å². The zero-order chi connectivity index (χ0) is 30.2. The van der Waals surface area contributed by atoms with Crippen LogP contribution in [0.15, 0.2) is 42.6 Å². The zero-order valence-corrected chi connectivity index (χ0v) is 23.9. The Balaban J connectivity index is 1.26. The van der Waals surface area contributed by atoms with E-state index in [2.05, 4.69) is 25.1 Å². The molecule has 6 heterocycles. The molecule has 0 aliphatic carbocycles. The van der Waals surface area contributed by atoms with Gasteiger partial charge in [-0.25, -0.2) is 8.78 Å². The van der Waals surface area contributed by atoms with Crippen LogP contribution in [0.5, 0.6) is 6.01 Å². The van der Waals surface area contributed by atoms with Crippen LogP contribution in [0.3, 0.4) is 0 Å². The first-order valence-corrected chi connectivity index (χ1v) is 15.2. The molecule has 230 valence electrons. The molecule has 44 heavy (non-hydrogen) atoms. The normalized spacial score (nSPS) is 27.0. The molecule has 4 aliphatic heterocycles. The fourth-order valence-corrected chi connectivity index (χ4v) is 7.91. The lowest BCUT2D eigenvalue weighted by Gasteiger charge is -2.34. The fraction of sp³-hybridized carbons (Fsp3) is 0.469. The summed E-state index contributed by atoms with van der Waals surface area (Å²) >= 11 is 0. The van der Waals surface area contributed by atoms with Crippen molar-refractivity contribution in [3.63, 3.8) is 0 Å². The van der Waals surface area contributed by atoms with E-state index >= 15 is 4.39 Å². The molecule has 0 radical (unpaired) electrons. The summed E-state index contributed by atoms with van der Waals surface area (Å²) in [6, 6.07) is 8.99. The van der Waals surface area contributed by atoms with Crippen molar-refractivity contribution in [3.8, 4) is 17.3 Å². The van der Waals surface area contributed by atoms with Gasteiger partial charge in [0, 0.05) is 55.3 Å². The van der Waals surface area contributed by atoms with Crippen molar-refractivity contribution in [2.45, 2.75) is 62.1 Å². The molecule has 4 saturated heterocycles. The maximum absolute atomic E-state index is 16.6. The van der Waals surface area contributed by atoms with Crippen LogP contribution < -0.4 is 15.0 Å². The number of pyridine rings is 1. The van der Waals surface area contributed by atoms with Gasteiger partial charge < -0.3 is 15.0 Å². The Kier molecular flexibility index (Phi) is 6.46. The molecule has 0 spiro atoms. The number of piperazine rings is 1. The number of alkyl halides is 4. The van der Waals surface area contributed by atoms with Gasteiger partial charge in [-0.2, -0.15) is 23.1 Å². The van der Waals surface area contributed by atoms with Gasteiger partial charge in [-0.05, 0) is 43.7 Å². The summed E-state index contributed by atoms with van der Waals surface area (Å²) in [6.45, 7) is 2.65. The van der Waals surface area contributed by atoms with E-state index in [4.69, 9.17) is 9.72 Å². The average Bonchev–Trinajstić information content (AvgIpc) is 3.65. The molecule has 2 bridgehead atoms. The summed E-state index contributed by atoms with van der Waals surface area (Å²) in [4.78, 5) is 17.8. The predicted molar refractivity (Wildman–Crippen MR) is 156 cm³/mol. The number of hydrogen-bond donors (Lipinski definition) is 1. The van der Waals surface area contributed by atoms with Crippen LogP contribution in [0.2, 0.25) is 0 Å². The summed E-state index contributed by atoms with van der Waals surface area (Å²) in [7, 11) is 0. The second kappa shape index (κ2) is 10.2. The third kappa shape index (κ3) is 4.56. The van der Waals surface area contributed by atoms with Crippen LogP contribution in [-0.2, 0) is 6.18 Å². The second-order valence-electron chi connectivity index (χ2n) is 12.6. The van der Waals surface area contributed by atoms with Crippen molar-refractivity contribution >= 4 is 27.5 Å². The van der Waals surface area contributed by atoms with Crippen LogP contribution >= 0.6 is 0 Å². The number of aromatic nitrogens is 3. The molecule has 0 amide bonds. The Morgan fingerprint density at radius 3 is 2.57 bits per heavy atom. The molecular weight excluding hydrogens is 579 g/mol. The third-order valence-electron chi connectivity index (χ3n) is 9.86. The molecule has 0 saturated carbocycles. The van der Waals surface area contributed by atoms with Crippen molar-refractivity contribution in [1.82, 2.24) is 25.2 Å². The Labute approximate surface area is 250 Å². The van der Waals surface area contributed by atoms with Crippen LogP contribution in [0, 0.1) is 5.82 Å². The molecule has 7 nitrogen and oxygen atoms in total. The number of ether oxygens (including phenoxy) is 1. The van der Waals surface area contributed by atoms with Gasteiger partial charge in [0.25, 0.3) is 0 Å². The van der Waals surface area contributed by atoms with Crippen molar-refractivity contribution in [3.05, 3.63) is 54.0 Å². The van der Waals surface area contributed by atoms with E-state index in [1.165, 1.54) is 18.3 Å². The van der Waals surface area contributed by atoms with Crippen LogP contribution in [0.1, 0.15) is 37.7 Å². The first-order valence-electron chi connectivity index (χ1n) is 15.2. The SMILES string of the molecule is Fc1c(-c2cccc3cccc(C(F)(F)F)c23)ncc2c(N3C[C@H]4CC[C@@H](C3)N4)nc(OC[C@@]34CCCN3C[C@H](F)C4)nc12. The van der Waals surface area contributed by atoms with E-state index in [1.807, 2.05) is 0 Å². The van der Waals surface area contributed by atoms with Crippen molar-refractivity contribution < 1.29 is 26.7 Å². The smallest absolute Gasteiger partial charge is 0.417 e. The summed E-state index contributed by atoms with van der Waals surface area (Å²) in [6.07, 6.45) is 0.0151. The maximum Gasteiger partial charge on any atom is 0.417 e. The number of benzene rings is 2. The molecule has 8 rings (SSSR count). The van der Waals surface area contributed by atoms with E-state index in [1.54, 1.807) is 18.2 Å². The molecule has 4 aliphatic rings. The summed E-state index contributed by atoms with van der Waals surface area (Å²) in [5, 5.41) is 4.14. The van der Waals surface area contributed by atoms with Crippen LogP contribution in [0.4, 0.5) is 27.8 Å².